The van der Waals surface area contributed by atoms with Crippen molar-refractivity contribution in [3.05, 3.63) is 35.6 Å². The molecule has 1 atom stereocenters. The predicted octanol–water partition coefficient (Wildman–Crippen LogP) is 3.39. The Morgan fingerprint density at radius 3 is 2.50 bits per heavy atom. The van der Waals surface area contributed by atoms with Crippen LogP contribution in [0.4, 0.5) is 4.39 Å². The minimum atomic E-state index is -0.0972. The van der Waals surface area contributed by atoms with E-state index in [9.17, 15) is 4.39 Å². The van der Waals surface area contributed by atoms with Crippen molar-refractivity contribution < 1.29 is 4.39 Å². The molecule has 0 spiro atoms. The van der Waals surface area contributed by atoms with E-state index in [2.05, 4.69) is 26.1 Å². The highest BCUT2D eigenvalue weighted by Gasteiger charge is 2.06. The molecule has 1 aromatic rings. The maximum Gasteiger partial charge on any atom is 0.126 e. The zero-order valence-corrected chi connectivity index (χ0v) is 10.5. The first kappa shape index (κ1) is 13.2. The number of hydrogen-bond acceptors (Lipinski definition) is 1. The van der Waals surface area contributed by atoms with Gasteiger partial charge in [-0.05, 0) is 43.9 Å². The number of benzene rings is 1. The highest BCUT2D eigenvalue weighted by atomic mass is 19.1. The second-order valence-electron chi connectivity index (χ2n) is 4.83. The van der Waals surface area contributed by atoms with Crippen LogP contribution in [0.2, 0.25) is 0 Å². The molecule has 1 N–H and O–H groups in total. The van der Waals surface area contributed by atoms with E-state index in [0.29, 0.717) is 12.0 Å². The summed E-state index contributed by atoms with van der Waals surface area (Å²) >= 11 is 0. The first-order valence-corrected chi connectivity index (χ1v) is 6.06. The monoisotopic (exact) mass is 223 g/mol. The van der Waals surface area contributed by atoms with Crippen LogP contribution in [0.1, 0.15) is 32.8 Å². The third kappa shape index (κ3) is 4.75. The number of halogens is 1. The predicted molar refractivity (Wildman–Crippen MR) is 67.0 cm³/mol. The van der Waals surface area contributed by atoms with Gasteiger partial charge in [0.15, 0.2) is 0 Å². The Morgan fingerprint density at radius 2 is 1.88 bits per heavy atom. The fourth-order valence-corrected chi connectivity index (χ4v) is 1.68. The summed E-state index contributed by atoms with van der Waals surface area (Å²) in [7, 11) is 0. The normalized spacial score (nSPS) is 13.1. The topological polar surface area (TPSA) is 12.0 Å². The van der Waals surface area contributed by atoms with Gasteiger partial charge in [0.25, 0.3) is 0 Å². The van der Waals surface area contributed by atoms with Gasteiger partial charge in [0.1, 0.15) is 5.82 Å². The van der Waals surface area contributed by atoms with Gasteiger partial charge in [-0.1, -0.05) is 32.0 Å². The lowest BCUT2D eigenvalue weighted by Gasteiger charge is -2.15. The maximum absolute atomic E-state index is 13.4. The molecular weight excluding hydrogens is 201 g/mol. The van der Waals surface area contributed by atoms with Crippen LogP contribution in [0.25, 0.3) is 0 Å². The van der Waals surface area contributed by atoms with Gasteiger partial charge in [0, 0.05) is 6.04 Å². The molecule has 0 bridgehead atoms. The Balaban J connectivity index is 2.34. The lowest BCUT2D eigenvalue weighted by molar-refractivity contribution is 0.479. The van der Waals surface area contributed by atoms with E-state index in [-0.39, 0.29) is 5.82 Å². The molecule has 0 saturated heterocycles. The zero-order chi connectivity index (χ0) is 12.0. The van der Waals surface area contributed by atoms with Gasteiger partial charge >= 0.3 is 0 Å². The van der Waals surface area contributed by atoms with Crippen LogP contribution < -0.4 is 5.32 Å². The molecule has 0 aliphatic rings. The van der Waals surface area contributed by atoms with Crippen LogP contribution in [-0.4, -0.2) is 12.6 Å². The quantitative estimate of drug-likeness (QED) is 0.779. The standard InChI is InChI=1S/C14H22FN/c1-11(2)8-9-16-12(3)10-13-6-4-5-7-14(13)15/h4-7,11-12,16H,8-10H2,1-3H3. The highest BCUT2D eigenvalue weighted by Crippen LogP contribution is 2.09. The summed E-state index contributed by atoms with van der Waals surface area (Å²) in [5.74, 6) is 0.619. The minimum absolute atomic E-state index is 0.0972. The Kier molecular flexibility index (Phi) is 5.47. The van der Waals surface area contributed by atoms with E-state index < -0.39 is 0 Å². The first-order valence-electron chi connectivity index (χ1n) is 6.06. The Morgan fingerprint density at radius 1 is 1.19 bits per heavy atom. The van der Waals surface area contributed by atoms with Crippen LogP contribution in [0.3, 0.4) is 0 Å². The van der Waals surface area contributed by atoms with Gasteiger partial charge in [0.05, 0.1) is 0 Å². The van der Waals surface area contributed by atoms with E-state index in [1.807, 2.05) is 12.1 Å². The van der Waals surface area contributed by atoms with Crippen LogP contribution in [0.15, 0.2) is 24.3 Å². The van der Waals surface area contributed by atoms with Crippen LogP contribution in [-0.2, 0) is 6.42 Å². The molecule has 1 rings (SSSR count). The van der Waals surface area contributed by atoms with Crippen molar-refractivity contribution in [1.29, 1.82) is 0 Å². The summed E-state index contributed by atoms with van der Waals surface area (Å²) in [6.45, 7) is 7.53. The smallest absolute Gasteiger partial charge is 0.126 e. The Bertz CT molecular complexity index is 309. The SMILES string of the molecule is CC(C)CCNC(C)Cc1ccccc1F. The van der Waals surface area contributed by atoms with Crippen LogP contribution >= 0.6 is 0 Å². The van der Waals surface area contributed by atoms with Crippen molar-refractivity contribution in [3.8, 4) is 0 Å². The first-order chi connectivity index (χ1) is 7.59. The summed E-state index contributed by atoms with van der Waals surface area (Å²) in [5.41, 5.74) is 0.798. The Hall–Kier alpha value is -0.890. The molecule has 0 aliphatic heterocycles. The lowest BCUT2D eigenvalue weighted by atomic mass is 10.1. The molecule has 0 fully saturated rings. The van der Waals surface area contributed by atoms with Crippen molar-refractivity contribution in [2.75, 3.05) is 6.54 Å². The molecule has 90 valence electrons. The van der Waals surface area contributed by atoms with Gasteiger partial charge in [-0.25, -0.2) is 4.39 Å². The second-order valence-corrected chi connectivity index (χ2v) is 4.83. The van der Waals surface area contributed by atoms with E-state index >= 15 is 0 Å². The molecule has 0 saturated carbocycles. The average Bonchev–Trinajstić information content (AvgIpc) is 2.21. The molecule has 1 aromatic carbocycles. The van der Waals surface area contributed by atoms with Crippen LogP contribution in [0, 0.1) is 11.7 Å². The third-order valence-corrected chi connectivity index (χ3v) is 2.70. The number of nitrogens with one attached hydrogen (secondary N) is 1. The van der Waals surface area contributed by atoms with E-state index in [1.165, 1.54) is 12.5 Å². The largest absolute Gasteiger partial charge is 0.314 e. The summed E-state index contributed by atoms with van der Waals surface area (Å²) in [5, 5.41) is 3.42. The van der Waals surface area contributed by atoms with Crippen molar-refractivity contribution in [3.63, 3.8) is 0 Å². The minimum Gasteiger partial charge on any atom is -0.314 e. The maximum atomic E-state index is 13.4. The number of hydrogen-bond donors (Lipinski definition) is 1. The molecule has 2 heteroatoms. The second kappa shape index (κ2) is 6.64. The van der Waals surface area contributed by atoms with Crippen molar-refractivity contribution in [1.82, 2.24) is 5.32 Å². The van der Waals surface area contributed by atoms with E-state index in [4.69, 9.17) is 0 Å². The molecular formula is C14H22FN. The summed E-state index contributed by atoms with van der Waals surface area (Å²) < 4.78 is 13.4. The van der Waals surface area contributed by atoms with Gasteiger partial charge in [-0.3, -0.25) is 0 Å². The highest BCUT2D eigenvalue weighted by molar-refractivity contribution is 5.18. The summed E-state index contributed by atoms with van der Waals surface area (Å²) in [6.07, 6.45) is 1.92. The molecule has 0 aliphatic carbocycles. The lowest BCUT2D eigenvalue weighted by Crippen LogP contribution is -2.29. The van der Waals surface area contributed by atoms with Gasteiger partial charge in [-0.15, -0.1) is 0 Å². The average molecular weight is 223 g/mol. The Labute approximate surface area is 98.1 Å². The van der Waals surface area contributed by atoms with Crippen molar-refractivity contribution in [2.24, 2.45) is 5.92 Å². The zero-order valence-electron chi connectivity index (χ0n) is 10.5. The summed E-state index contributed by atoms with van der Waals surface area (Å²) in [4.78, 5) is 0. The summed E-state index contributed by atoms with van der Waals surface area (Å²) in [6, 6.07) is 7.33. The fraction of sp³-hybridized carbons (Fsp3) is 0.571. The van der Waals surface area contributed by atoms with Gasteiger partial charge < -0.3 is 5.32 Å². The van der Waals surface area contributed by atoms with Crippen molar-refractivity contribution >= 4 is 0 Å². The molecule has 0 heterocycles. The van der Waals surface area contributed by atoms with E-state index in [0.717, 1.165) is 18.5 Å². The van der Waals surface area contributed by atoms with Crippen LogP contribution in [0.5, 0.6) is 0 Å². The van der Waals surface area contributed by atoms with Crippen molar-refractivity contribution in [2.45, 2.75) is 39.7 Å². The molecule has 0 aromatic heterocycles. The number of rotatable bonds is 6. The van der Waals surface area contributed by atoms with Gasteiger partial charge in [0.2, 0.25) is 0 Å². The molecule has 16 heavy (non-hydrogen) atoms. The molecule has 1 unspecified atom stereocenters. The molecule has 0 amide bonds. The third-order valence-electron chi connectivity index (χ3n) is 2.70. The fourth-order valence-electron chi connectivity index (χ4n) is 1.68. The van der Waals surface area contributed by atoms with Gasteiger partial charge in [-0.2, -0.15) is 0 Å². The molecule has 1 nitrogen and oxygen atoms in total. The van der Waals surface area contributed by atoms with E-state index in [1.54, 1.807) is 6.07 Å². The molecule has 0 radical (unpaired) electrons.